The first kappa shape index (κ1) is 14.4. The molecule has 0 spiro atoms. The van der Waals surface area contributed by atoms with Gasteiger partial charge in [-0.1, -0.05) is 0 Å². The van der Waals surface area contributed by atoms with E-state index in [1.54, 1.807) is 17.3 Å². The first-order valence-corrected chi connectivity index (χ1v) is 6.43. The third kappa shape index (κ3) is 4.33. The van der Waals surface area contributed by atoms with Crippen LogP contribution in [0.1, 0.15) is 12.6 Å². The van der Waals surface area contributed by atoms with Gasteiger partial charge in [0.25, 0.3) is 0 Å². The zero-order valence-corrected chi connectivity index (χ0v) is 11.5. The number of nitrogens with zero attached hydrogens (tertiary/aromatic N) is 2. The highest BCUT2D eigenvalue weighted by Crippen LogP contribution is 2.15. The molecular weight excluding hydrogens is 254 g/mol. The monoisotopic (exact) mass is 271 g/mol. The van der Waals surface area contributed by atoms with Crippen LogP contribution in [0.4, 0.5) is 5.13 Å². The van der Waals surface area contributed by atoms with Gasteiger partial charge in [0.15, 0.2) is 5.13 Å². The number of esters is 1. The molecule has 1 amide bonds. The number of ether oxygens (including phenoxy) is 1. The number of hydrogen-bond acceptors (Lipinski definition) is 6. The van der Waals surface area contributed by atoms with Gasteiger partial charge >= 0.3 is 5.97 Å². The molecule has 0 aliphatic carbocycles. The lowest BCUT2D eigenvalue weighted by Gasteiger charge is -2.14. The third-order valence-electron chi connectivity index (χ3n) is 2.40. The van der Waals surface area contributed by atoms with E-state index in [0.29, 0.717) is 17.4 Å². The van der Waals surface area contributed by atoms with Crippen LogP contribution in [0.15, 0.2) is 5.38 Å². The maximum absolute atomic E-state index is 11.5. The summed E-state index contributed by atoms with van der Waals surface area (Å²) in [5.41, 5.74) is 0.644. The average Bonchev–Trinajstić information content (AvgIpc) is 2.82. The standard InChI is InChI=1S/C11H17N3O3S/c1-4-14(2)9(15)6-12-11-13-8(7-18-11)5-10(16)17-3/h7H,4-6H2,1-3H3,(H,12,13). The zero-order chi connectivity index (χ0) is 13.5. The lowest BCUT2D eigenvalue weighted by atomic mass is 10.3. The number of thiazole rings is 1. The lowest BCUT2D eigenvalue weighted by molar-refractivity contribution is -0.139. The quantitative estimate of drug-likeness (QED) is 0.773. The molecule has 6 nitrogen and oxygen atoms in total. The van der Waals surface area contributed by atoms with Gasteiger partial charge in [-0.25, -0.2) is 4.98 Å². The molecule has 0 aliphatic heterocycles. The highest BCUT2D eigenvalue weighted by molar-refractivity contribution is 7.13. The third-order valence-corrected chi connectivity index (χ3v) is 3.24. The van der Waals surface area contributed by atoms with Crippen molar-refractivity contribution in [3.05, 3.63) is 11.1 Å². The average molecular weight is 271 g/mol. The smallest absolute Gasteiger partial charge is 0.311 e. The molecule has 100 valence electrons. The van der Waals surface area contributed by atoms with Crippen molar-refractivity contribution in [3.63, 3.8) is 0 Å². The summed E-state index contributed by atoms with van der Waals surface area (Å²) in [5, 5.41) is 5.34. The van der Waals surface area contributed by atoms with Crippen LogP contribution < -0.4 is 5.32 Å². The molecule has 0 saturated carbocycles. The van der Waals surface area contributed by atoms with E-state index < -0.39 is 0 Å². The second-order valence-corrected chi connectivity index (χ2v) is 4.52. The van der Waals surface area contributed by atoms with Crippen LogP contribution >= 0.6 is 11.3 Å². The van der Waals surface area contributed by atoms with Gasteiger partial charge in [0.05, 0.1) is 25.8 Å². The molecule has 0 fully saturated rings. The number of nitrogens with one attached hydrogen (secondary N) is 1. The zero-order valence-electron chi connectivity index (χ0n) is 10.7. The Morgan fingerprint density at radius 2 is 2.28 bits per heavy atom. The molecule has 0 radical (unpaired) electrons. The molecule has 0 bridgehead atoms. The molecule has 1 aromatic heterocycles. The van der Waals surface area contributed by atoms with Crippen molar-refractivity contribution in [3.8, 4) is 0 Å². The summed E-state index contributed by atoms with van der Waals surface area (Å²) >= 11 is 1.36. The van der Waals surface area contributed by atoms with Gasteiger partial charge in [0.2, 0.25) is 5.91 Å². The van der Waals surface area contributed by atoms with Crippen molar-refractivity contribution in [1.82, 2.24) is 9.88 Å². The first-order valence-electron chi connectivity index (χ1n) is 5.55. The van der Waals surface area contributed by atoms with E-state index in [1.165, 1.54) is 18.4 Å². The minimum Gasteiger partial charge on any atom is -0.469 e. The number of amides is 1. The predicted octanol–water partition coefficient (Wildman–Crippen LogP) is 0.749. The molecule has 1 aromatic rings. The summed E-state index contributed by atoms with van der Waals surface area (Å²) in [6.45, 7) is 2.79. The molecule has 1 heterocycles. The van der Waals surface area contributed by atoms with E-state index in [-0.39, 0.29) is 24.8 Å². The normalized spacial score (nSPS) is 9.94. The van der Waals surface area contributed by atoms with E-state index in [0.717, 1.165) is 0 Å². The molecule has 7 heteroatoms. The Kier molecular flexibility index (Phi) is 5.57. The number of rotatable bonds is 6. The van der Waals surface area contributed by atoms with E-state index in [2.05, 4.69) is 15.0 Å². The van der Waals surface area contributed by atoms with Crippen LogP contribution in [0.3, 0.4) is 0 Å². The van der Waals surface area contributed by atoms with Crippen LogP contribution in [-0.4, -0.2) is 49.0 Å². The number of carbonyl (C=O) groups is 2. The van der Waals surface area contributed by atoms with Gasteiger partial charge in [-0.2, -0.15) is 0 Å². The van der Waals surface area contributed by atoms with Gasteiger partial charge in [0.1, 0.15) is 0 Å². The Morgan fingerprint density at radius 3 is 2.89 bits per heavy atom. The van der Waals surface area contributed by atoms with Crippen LogP contribution in [-0.2, 0) is 20.7 Å². The topological polar surface area (TPSA) is 71.5 Å². The minimum absolute atomic E-state index is 0.00205. The SMILES string of the molecule is CCN(C)C(=O)CNc1nc(CC(=O)OC)cs1. The molecule has 18 heavy (non-hydrogen) atoms. The number of likely N-dealkylation sites (N-methyl/N-ethyl adjacent to an activating group) is 1. The molecule has 0 aliphatic rings. The summed E-state index contributed by atoms with van der Waals surface area (Å²) in [6.07, 6.45) is 0.150. The van der Waals surface area contributed by atoms with Gasteiger partial charge in [-0.05, 0) is 6.92 Å². The van der Waals surface area contributed by atoms with E-state index in [9.17, 15) is 9.59 Å². The Balaban J connectivity index is 2.44. The van der Waals surface area contributed by atoms with E-state index in [1.807, 2.05) is 6.92 Å². The summed E-state index contributed by atoms with van der Waals surface area (Å²) in [5.74, 6) is -0.323. The summed E-state index contributed by atoms with van der Waals surface area (Å²) in [4.78, 5) is 28.4. The van der Waals surface area contributed by atoms with Gasteiger partial charge in [0, 0.05) is 19.0 Å². The predicted molar refractivity (Wildman–Crippen MR) is 69.6 cm³/mol. The van der Waals surface area contributed by atoms with Crippen LogP contribution in [0.25, 0.3) is 0 Å². The van der Waals surface area contributed by atoms with Crippen molar-refractivity contribution in [2.24, 2.45) is 0 Å². The van der Waals surface area contributed by atoms with Crippen molar-refractivity contribution >= 4 is 28.3 Å². The van der Waals surface area contributed by atoms with Crippen molar-refractivity contribution in [2.45, 2.75) is 13.3 Å². The number of aromatic nitrogens is 1. The number of methoxy groups -OCH3 is 1. The fourth-order valence-corrected chi connectivity index (χ4v) is 1.86. The molecule has 1 rings (SSSR count). The molecular formula is C11H17N3O3S. The van der Waals surface area contributed by atoms with Crippen LogP contribution in [0, 0.1) is 0 Å². The van der Waals surface area contributed by atoms with Gasteiger partial charge in [-0.3, -0.25) is 9.59 Å². The maximum Gasteiger partial charge on any atom is 0.311 e. The van der Waals surface area contributed by atoms with Gasteiger partial charge < -0.3 is 15.0 Å². The summed E-state index contributed by atoms with van der Waals surface area (Å²) in [7, 11) is 3.08. The van der Waals surface area contributed by atoms with E-state index >= 15 is 0 Å². The highest BCUT2D eigenvalue weighted by Gasteiger charge is 2.10. The van der Waals surface area contributed by atoms with Crippen LogP contribution in [0.2, 0.25) is 0 Å². The Labute approximate surface area is 110 Å². The van der Waals surface area contributed by atoms with Crippen LogP contribution in [0.5, 0.6) is 0 Å². The summed E-state index contributed by atoms with van der Waals surface area (Å²) < 4.78 is 4.55. The summed E-state index contributed by atoms with van der Waals surface area (Å²) in [6, 6.07) is 0. The minimum atomic E-state index is -0.325. The molecule has 0 aromatic carbocycles. The lowest BCUT2D eigenvalue weighted by Crippen LogP contribution is -2.31. The highest BCUT2D eigenvalue weighted by atomic mass is 32.1. The van der Waals surface area contributed by atoms with E-state index in [4.69, 9.17) is 0 Å². The fraction of sp³-hybridized carbons (Fsp3) is 0.545. The maximum atomic E-state index is 11.5. The second kappa shape index (κ2) is 6.95. The molecule has 0 unspecified atom stereocenters. The Bertz CT molecular complexity index is 419. The first-order chi connectivity index (χ1) is 8.56. The van der Waals surface area contributed by atoms with Crippen molar-refractivity contribution in [2.75, 3.05) is 32.6 Å². The largest absolute Gasteiger partial charge is 0.469 e. The number of hydrogen-bond donors (Lipinski definition) is 1. The molecule has 1 N–H and O–H groups in total. The second-order valence-electron chi connectivity index (χ2n) is 3.66. The molecule has 0 atom stereocenters. The van der Waals surface area contributed by atoms with Crippen molar-refractivity contribution in [1.29, 1.82) is 0 Å². The fourth-order valence-electron chi connectivity index (χ4n) is 1.15. The number of carbonyl (C=O) groups excluding carboxylic acids is 2. The Morgan fingerprint density at radius 1 is 1.56 bits per heavy atom. The van der Waals surface area contributed by atoms with Crippen molar-refractivity contribution < 1.29 is 14.3 Å². The Hall–Kier alpha value is -1.63. The number of anilines is 1. The van der Waals surface area contributed by atoms with Gasteiger partial charge in [-0.15, -0.1) is 11.3 Å². The molecule has 0 saturated heterocycles.